The van der Waals surface area contributed by atoms with Crippen LogP contribution < -0.4 is 10.1 Å². The lowest BCUT2D eigenvalue weighted by molar-refractivity contribution is -0.111. The number of rotatable bonds is 5. The highest BCUT2D eigenvalue weighted by atomic mass is 16.5. The smallest absolute Gasteiger partial charge is 0.248 e. The number of carbonyl (C=O) groups is 1. The number of amides is 1. The Morgan fingerprint density at radius 1 is 1.11 bits per heavy atom. The van der Waals surface area contributed by atoms with Crippen molar-refractivity contribution >= 4 is 17.7 Å². The molecule has 1 N–H and O–H groups in total. The van der Waals surface area contributed by atoms with Crippen LogP contribution in [-0.2, 0) is 17.6 Å². The van der Waals surface area contributed by atoms with Crippen molar-refractivity contribution in [2.45, 2.75) is 38.1 Å². The molecular formula is C24H28N2O2. The van der Waals surface area contributed by atoms with Crippen LogP contribution in [0.2, 0.25) is 0 Å². The summed E-state index contributed by atoms with van der Waals surface area (Å²) in [4.78, 5) is 15.0. The molecule has 2 aromatic carbocycles. The number of methoxy groups -OCH3 is 1. The zero-order valence-electron chi connectivity index (χ0n) is 16.5. The average Bonchev–Trinajstić information content (AvgIpc) is 2.88. The SMILES string of the molecule is COc1cccc(/C=C/C(=O)Nc2ccc3c(c2)CCN(C2CCC2)CC3)c1. The molecule has 0 spiro atoms. The first-order chi connectivity index (χ1) is 13.7. The number of ether oxygens (including phenoxy) is 1. The fraction of sp³-hybridized carbons (Fsp3) is 0.375. The maximum atomic E-state index is 12.3. The molecule has 1 fully saturated rings. The van der Waals surface area contributed by atoms with Crippen molar-refractivity contribution in [3.8, 4) is 5.75 Å². The van der Waals surface area contributed by atoms with Crippen LogP contribution in [0, 0.1) is 0 Å². The summed E-state index contributed by atoms with van der Waals surface area (Å²) in [6.07, 6.45) is 9.64. The Morgan fingerprint density at radius 2 is 1.93 bits per heavy atom. The standard InChI is InChI=1S/C24H28N2O2/c1-28-23-7-2-4-18(16-23)8-11-24(27)25-21-10-9-19-12-14-26(22-5-3-6-22)15-13-20(19)17-21/h2,4,7-11,16-17,22H,3,5-6,12-15H2,1H3,(H,25,27)/b11-8+. The highest BCUT2D eigenvalue weighted by Crippen LogP contribution is 2.28. The molecule has 1 aliphatic heterocycles. The molecule has 1 amide bonds. The number of carbonyl (C=O) groups excluding carboxylic acids is 1. The molecule has 0 radical (unpaired) electrons. The second kappa shape index (κ2) is 8.61. The molecule has 0 saturated heterocycles. The minimum atomic E-state index is -0.118. The summed E-state index contributed by atoms with van der Waals surface area (Å²) in [6.45, 7) is 2.29. The van der Waals surface area contributed by atoms with Crippen molar-refractivity contribution in [3.05, 3.63) is 65.2 Å². The zero-order valence-corrected chi connectivity index (χ0v) is 16.5. The molecule has 1 saturated carbocycles. The van der Waals surface area contributed by atoms with E-state index in [-0.39, 0.29) is 5.91 Å². The Bertz CT molecular complexity index is 871. The van der Waals surface area contributed by atoms with Crippen LogP contribution in [0.3, 0.4) is 0 Å². The topological polar surface area (TPSA) is 41.6 Å². The number of nitrogens with one attached hydrogen (secondary N) is 1. The third kappa shape index (κ3) is 4.45. The monoisotopic (exact) mass is 376 g/mol. The zero-order chi connectivity index (χ0) is 19.3. The first-order valence-corrected chi connectivity index (χ1v) is 10.2. The van der Waals surface area contributed by atoms with Crippen LogP contribution in [0.1, 0.15) is 36.0 Å². The summed E-state index contributed by atoms with van der Waals surface area (Å²) < 4.78 is 5.22. The van der Waals surface area contributed by atoms with E-state index in [2.05, 4.69) is 22.3 Å². The van der Waals surface area contributed by atoms with Gasteiger partial charge in [-0.2, -0.15) is 0 Å². The van der Waals surface area contributed by atoms with Crippen LogP contribution in [0.15, 0.2) is 48.5 Å². The molecule has 4 nitrogen and oxygen atoms in total. The van der Waals surface area contributed by atoms with E-state index in [1.807, 2.05) is 30.3 Å². The molecule has 0 aromatic heterocycles. The van der Waals surface area contributed by atoms with Crippen LogP contribution in [0.5, 0.6) is 5.75 Å². The summed E-state index contributed by atoms with van der Waals surface area (Å²) in [5, 5.41) is 3.00. The van der Waals surface area contributed by atoms with Crippen LogP contribution >= 0.6 is 0 Å². The van der Waals surface area contributed by atoms with Gasteiger partial charge in [-0.15, -0.1) is 0 Å². The third-order valence-electron chi connectivity index (χ3n) is 5.92. The Morgan fingerprint density at radius 3 is 2.68 bits per heavy atom. The summed E-state index contributed by atoms with van der Waals surface area (Å²) in [5.74, 6) is 0.664. The highest BCUT2D eigenvalue weighted by molar-refractivity contribution is 6.02. The van der Waals surface area contributed by atoms with Crippen molar-refractivity contribution in [3.63, 3.8) is 0 Å². The van der Waals surface area contributed by atoms with Gasteiger partial charge in [0.2, 0.25) is 5.91 Å². The van der Waals surface area contributed by atoms with Gasteiger partial charge in [0.25, 0.3) is 0 Å². The van der Waals surface area contributed by atoms with Gasteiger partial charge < -0.3 is 10.1 Å². The Balaban J connectivity index is 1.38. The molecule has 2 aromatic rings. The van der Waals surface area contributed by atoms with E-state index in [1.165, 1.54) is 30.4 Å². The van der Waals surface area contributed by atoms with Gasteiger partial charge in [-0.25, -0.2) is 0 Å². The van der Waals surface area contributed by atoms with Crippen LogP contribution in [0.25, 0.3) is 6.08 Å². The second-order valence-electron chi connectivity index (χ2n) is 7.70. The maximum Gasteiger partial charge on any atom is 0.248 e. The number of benzene rings is 2. The average molecular weight is 377 g/mol. The largest absolute Gasteiger partial charge is 0.497 e. The van der Waals surface area contributed by atoms with Gasteiger partial charge in [-0.05, 0) is 72.7 Å². The van der Waals surface area contributed by atoms with Crippen molar-refractivity contribution < 1.29 is 9.53 Å². The van der Waals surface area contributed by atoms with Crippen molar-refractivity contribution in [1.82, 2.24) is 4.90 Å². The maximum absolute atomic E-state index is 12.3. The quantitative estimate of drug-likeness (QED) is 0.791. The van der Waals surface area contributed by atoms with Gasteiger partial charge in [-0.1, -0.05) is 24.6 Å². The summed E-state index contributed by atoms with van der Waals surface area (Å²) >= 11 is 0. The van der Waals surface area contributed by atoms with Gasteiger partial charge in [0, 0.05) is 30.9 Å². The van der Waals surface area contributed by atoms with Crippen molar-refractivity contribution in [2.75, 3.05) is 25.5 Å². The van der Waals surface area contributed by atoms with E-state index in [9.17, 15) is 4.79 Å². The number of anilines is 1. The Hall–Kier alpha value is -2.59. The molecule has 146 valence electrons. The van der Waals surface area contributed by atoms with E-state index in [4.69, 9.17) is 4.74 Å². The van der Waals surface area contributed by atoms with E-state index < -0.39 is 0 Å². The number of nitrogens with zero attached hydrogens (tertiary/aromatic N) is 1. The lowest BCUT2D eigenvalue weighted by Crippen LogP contribution is -2.41. The predicted octanol–water partition coefficient (Wildman–Crippen LogP) is 4.30. The summed E-state index contributed by atoms with van der Waals surface area (Å²) in [6, 6.07) is 14.8. The minimum absolute atomic E-state index is 0.118. The van der Waals surface area contributed by atoms with Gasteiger partial charge >= 0.3 is 0 Å². The lowest BCUT2D eigenvalue weighted by atomic mass is 9.91. The number of fused-ring (bicyclic) bond motifs is 1. The first-order valence-electron chi connectivity index (χ1n) is 10.2. The van der Waals surface area contributed by atoms with Gasteiger partial charge in [0.05, 0.1) is 7.11 Å². The van der Waals surface area contributed by atoms with E-state index in [0.29, 0.717) is 0 Å². The van der Waals surface area contributed by atoms with Gasteiger partial charge in [-0.3, -0.25) is 9.69 Å². The summed E-state index contributed by atoms with van der Waals surface area (Å²) in [7, 11) is 1.64. The van der Waals surface area contributed by atoms with Crippen molar-refractivity contribution in [1.29, 1.82) is 0 Å². The molecule has 2 aliphatic rings. The van der Waals surface area contributed by atoms with E-state index in [1.54, 1.807) is 19.3 Å². The fourth-order valence-electron chi connectivity index (χ4n) is 4.04. The van der Waals surface area contributed by atoms with Crippen molar-refractivity contribution in [2.24, 2.45) is 0 Å². The minimum Gasteiger partial charge on any atom is -0.497 e. The molecule has 28 heavy (non-hydrogen) atoms. The molecule has 0 atom stereocenters. The fourth-order valence-corrected chi connectivity index (χ4v) is 4.04. The third-order valence-corrected chi connectivity index (χ3v) is 5.92. The molecule has 0 bridgehead atoms. The highest BCUT2D eigenvalue weighted by Gasteiger charge is 2.26. The van der Waals surface area contributed by atoms with Gasteiger partial charge in [0.15, 0.2) is 0 Å². The van der Waals surface area contributed by atoms with E-state index >= 15 is 0 Å². The predicted molar refractivity (Wildman–Crippen MR) is 114 cm³/mol. The first kappa shape index (κ1) is 18.8. The molecule has 4 rings (SSSR count). The molecule has 0 unspecified atom stereocenters. The Kier molecular flexibility index (Phi) is 5.77. The van der Waals surface area contributed by atoms with Crippen LogP contribution in [-0.4, -0.2) is 37.0 Å². The van der Waals surface area contributed by atoms with Crippen LogP contribution in [0.4, 0.5) is 5.69 Å². The molecule has 1 aliphatic carbocycles. The Labute approximate surface area is 167 Å². The van der Waals surface area contributed by atoms with E-state index in [0.717, 1.165) is 49.0 Å². The normalized spacial score (nSPS) is 17.6. The molecular weight excluding hydrogens is 348 g/mol. The number of hydrogen-bond donors (Lipinski definition) is 1. The lowest BCUT2D eigenvalue weighted by Gasteiger charge is -2.36. The van der Waals surface area contributed by atoms with Gasteiger partial charge in [0.1, 0.15) is 5.75 Å². The summed E-state index contributed by atoms with van der Waals surface area (Å²) in [5.41, 5.74) is 4.60. The molecule has 1 heterocycles. The molecule has 4 heteroatoms. The number of hydrogen-bond acceptors (Lipinski definition) is 3. The second-order valence-corrected chi connectivity index (χ2v) is 7.70.